The highest BCUT2D eigenvalue weighted by atomic mass is 16.5. The van der Waals surface area contributed by atoms with E-state index in [9.17, 15) is 0 Å². The fraction of sp³-hybridized carbons (Fsp3) is 0.364. The Kier molecular flexibility index (Phi) is 2.42. The first-order valence-corrected chi connectivity index (χ1v) is 4.43. The Hall–Kier alpha value is -0.820. The van der Waals surface area contributed by atoms with E-state index >= 15 is 0 Å². The molecule has 0 bridgehead atoms. The minimum Gasteiger partial charge on any atom is -0.381 e. The minimum atomic E-state index is 0.632. The molecule has 1 fully saturated rings. The van der Waals surface area contributed by atoms with Crippen LogP contribution in [0.5, 0.6) is 0 Å². The lowest BCUT2D eigenvalue weighted by atomic mass is 9.99. The topological polar surface area (TPSA) is 9.23 Å². The molecular formula is C11H13O. The molecule has 1 aliphatic heterocycles. The molecule has 1 nitrogen and oxygen atoms in total. The van der Waals surface area contributed by atoms with Gasteiger partial charge < -0.3 is 4.74 Å². The molecule has 2 rings (SSSR count). The summed E-state index contributed by atoms with van der Waals surface area (Å²) in [6, 6.07) is 10.5. The maximum atomic E-state index is 5.30. The van der Waals surface area contributed by atoms with Crippen LogP contribution in [-0.4, -0.2) is 13.2 Å². The quantitative estimate of drug-likeness (QED) is 0.646. The van der Waals surface area contributed by atoms with Crippen LogP contribution >= 0.6 is 0 Å². The van der Waals surface area contributed by atoms with Crippen molar-refractivity contribution >= 4 is 0 Å². The van der Waals surface area contributed by atoms with Crippen molar-refractivity contribution in [1.29, 1.82) is 0 Å². The van der Waals surface area contributed by atoms with E-state index < -0.39 is 0 Å². The minimum absolute atomic E-state index is 0.632. The molecule has 12 heavy (non-hydrogen) atoms. The number of benzene rings is 1. The molecule has 1 atom stereocenters. The second-order valence-corrected chi connectivity index (χ2v) is 3.20. The average molecular weight is 161 g/mol. The first-order chi connectivity index (χ1) is 5.95. The predicted octanol–water partition coefficient (Wildman–Crippen LogP) is 2.28. The van der Waals surface area contributed by atoms with Crippen LogP contribution < -0.4 is 0 Å². The fourth-order valence-electron chi connectivity index (χ4n) is 1.52. The van der Waals surface area contributed by atoms with Gasteiger partial charge in [-0.1, -0.05) is 30.3 Å². The third kappa shape index (κ3) is 1.86. The highest BCUT2D eigenvalue weighted by Gasteiger charge is 2.15. The summed E-state index contributed by atoms with van der Waals surface area (Å²) in [5, 5.41) is 0. The Morgan fingerprint density at radius 3 is 2.75 bits per heavy atom. The van der Waals surface area contributed by atoms with Crippen molar-refractivity contribution in [3.05, 3.63) is 42.3 Å². The van der Waals surface area contributed by atoms with E-state index in [1.54, 1.807) is 0 Å². The Morgan fingerprint density at radius 2 is 2.08 bits per heavy atom. The van der Waals surface area contributed by atoms with Crippen molar-refractivity contribution < 1.29 is 4.74 Å². The molecule has 0 spiro atoms. The smallest absolute Gasteiger partial charge is 0.0501 e. The summed E-state index contributed by atoms with van der Waals surface area (Å²) >= 11 is 0. The average Bonchev–Trinajstić information content (AvgIpc) is 2.59. The van der Waals surface area contributed by atoms with Crippen LogP contribution in [0.25, 0.3) is 0 Å². The molecule has 0 aliphatic carbocycles. The van der Waals surface area contributed by atoms with Gasteiger partial charge in [-0.05, 0) is 24.3 Å². The standard InChI is InChI=1S/C11H13O/c1-2-4-10(5-3-1)8-11-6-7-12-9-11/h1-5,8,11H,6-7,9H2. The lowest BCUT2D eigenvalue weighted by Gasteiger charge is -2.05. The Morgan fingerprint density at radius 1 is 1.25 bits per heavy atom. The number of rotatable bonds is 2. The summed E-state index contributed by atoms with van der Waals surface area (Å²) in [7, 11) is 0. The molecule has 1 unspecified atom stereocenters. The van der Waals surface area contributed by atoms with Gasteiger partial charge in [0.25, 0.3) is 0 Å². The molecule has 0 amide bonds. The molecule has 63 valence electrons. The van der Waals surface area contributed by atoms with Crippen molar-refractivity contribution in [1.82, 2.24) is 0 Å². The van der Waals surface area contributed by atoms with Crippen LogP contribution in [-0.2, 0) is 4.74 Å². The summed E-state index contributed by atoms with van der Waals surface area (Å²) in [4.78, 5) is 0. The van der Waals surface area contributed by atoms with Crippen molar-refractivity contribution in [3.8, 4) is 0 Å². The molecule has 1 heteroatoms. The van der Waals surface area contributed by atoms with Crippen LogP contribution in [0.2, 0.25) is 0 Å². The van der Waals surface area contributed by atoms with Crippen molar-refractivity contribution in [2.75, 3.05) is 13.2 Å². The van der Waals surface area contributed by atoms with Crippen molar-refractivity contribution in [3.63, 3.8) is 0 Å². The molecule has 1 aliphatic rings. The van der Waals surface area contributed by atoms with Crippen LogP contribution in [0.15, 0.2) is 30.3 Å². The molecule has 0 aromatic heterocycles. The predicted molar refractivity (Wildman–Crippen MR) is 48.8 cm³/mol. The van der Waals surface area contributed by atoms with Gasteiger partial charge in [0, 0.05) is 6.61 Å². The SMILES string of the molecule is [CH](c1ccccc1)C1CCOC1. The molecule has 1 radical (unpaired) electrons. The fourth-order valence-corrected chi connectivity index (χ4v) is 1.52. The Bertz CT molecular complexity index is 224. The molecule has 1 heterocycles. The summed E-state index contributed by atoms with van der Waals surface area (Å²) in [6.07, 6.45) is 3.47. The molecule has 1 saturated heterocycles. The zero-order valence-corrected chi connectivity index (χ0v) is 7.07. The number of hydrogen-bond donors (Lipinski definition) is 0. The van der Waals surface area contributed by atoms with E-state index in [2.05, 4.69) is 30.7 Å². The lowest BCUT2D eigenvalue weighted by Crippen LogP contribution is -2.00. The van der Waals surface area contributed by atoms with Gasteiger partial charge in [0.05, 0.1) is 6.61 Å². The zero-order chi connectivity index (χ0) is 8.23. The largest absolute Gasteiger partial charge is 0.381 e. The lowest BCUT2D eigenvalue weighted by molar-refractivity contribution is 0.190. The monoisotopic (exact) mass is 161 g/mol. The highest BCUT2D eigenvalue weighted by Crippen LogP contribution is 2.19. The first-order valence-electron chi connectivity index (χ1n) is 4.43. The summed E-state index contributed by atoms with van der Waals surface area (Å²) in [5.41, 5.74) is 1.31. The van der Waals surface area contributed by atoms with Gasteiger partial charge in [0.2, 0.25) is 0 Å². The van der Waals surface area contributed by atoms with E-state index in [4.69, 9.17) is 4.74 Å². The third-order valence-electron chi connectivity index (χ3n) is 2.19. The Labute approximate surface area is 73.4 Å². The second-order valence-electron chi connectivity index (χ2n) is 3.20. The van der Waals surface area contributed by atoms with E-state index in [1.807, 2.05) is 6.07 Å². The summed E-state index contributed by atoms with van der Waals surface area (Å²) < 4.78 is 5.30. The van der Waals surface area contributed by atoms with E-state index in [-0.39, 0.29) is 0 Å². The van der Waals surface area contributed by atoms with Crippen LogP contribution in [0.3, 0.4) is 0 Å². The number of ether oxygens (including phenoxy) is 1. The second kappa shape index (κ2) is 3.72. The van der Waals surface area contributed by atoms with Crippen molar-refractivity contribution in [2.45, 2.75) is 6.42 Å². The molecule has 0 saturated carbocycles. The normalized spacial score (nSPS) is 22.8. The molecule has 1 aromatic rings. The van der Waals surface area contributed by atoms with Gasteiger partial charge in [0.15, 0.2) is 0 Å². The molecular weight excluding hydrogens is 148 g/mol. The van der Waals surface area contributed by atoms with Crippen molar-refractivity contribution in [2.24, 2.45) is 5.92 Å². The maximum absolute atomic E-state index is 5.30. The molecule has 0 N–H and O–H groups in total. The van der Waals surface area contributed by atoms with E-state index in [0.29, 0.717) is 5.92 Å². The van der Waals surface area contributed by atoms with Crippen LogP contribution in [0, 0.1) is 12.3 Å². The maximum Gasteiger partial charge on any atom is 0.0501 e. The van der Waals surface area contributed by atoms with E-state index in [1.165, 1.54) is 12.0 Å². The third-order valence-corrected chi connectivity index (χ3v) is 2.19. The van der Waals surface area contributed by atoms with E-state index in [0.717, 1.165) is 13.2 Å². The van der Waals surface area contributed by atoms with Gasteiger partial charge in [-0.25, -0.2) is 0 Å². The van der Waals surface area contributed by atoms with Gasteiger partial charge in [-0.3, -0.25) is 0 Å². The van der Waals surface area contributed by atoms with Crippen LogP contribution in [0.4, 0.5) is 0 Å². The van der Waals surface area contributed by atoms with Gasteiger partial charge >= 0.3 is 0 Å². The van der Waals surface area contributed by atoms with Gasteiger partial charge in [-0.15, -0.1) is 0 Å². The first kappa shape index (κ1) is 7.81. The number of hydrogen-bond acceptors (Lipinski definition) is 1. The Balaban J connectivity index is 1.94. The van der Waals surface area contributed by atoms with Crippen LogP contribution in [0.1, 0.15) is 12.0 Å². The van der Waals surface area contributed by atoms with Gasteiger partial charge in [-0.2, -0.15) is 0 Å². The van der Waals surface area contributed by atoms with Gasteiger partial charge in [0.1, 0.15) is 0 Å². The highest BCUT2D eigenvalue weighted by molar-refractivity contribution is 5.23. The summed E-state index contributed by atoms with van der Waals surface area (Å²) in [5.74, 6) is 0.632. The summed E-state index contributed by atoms with van der Waals surface area (Å²) in [6.45, 7) is 1.82. The zero-order valence-electron chi connectivity index (χ0n) is 7.07. The molecule has 1 aromatic carbocycles.